The number of benzene rings is 2. The van der Waals surface area contributed by atoms with Gasteiger partial charge >= 0.3 is 0 Å². The predicted octanol–water partition coefficient (Wildman–Crippen LogP) is 4.54. The highest BCUT2D eigenvalue weighted by atomic mass is 127. The standard InChI is InChI=1S/C13H9BrClF2IN2/c14-9-4-3-8(12(17)11(9)15)13(20-19)7-2-1-6(16)5-10(7)18/h1-5,13,20H,19H2. The van der Waals surface area contributed by atoms with E-state index in [1.54, 1.807) is 18.2 Å². The molecule has 7 heteroatoms. The van der Waals surface area contributed by atoms with Gasteiger partial charge in [-0.1, -0.05) is 23.7 Å². The molecule has 0 aliphatic carbocycles. The number of rotatable bonds is 3. The quantitative estimate of drug-likeness (QED) is 0.297. The molecule has 2 aromatic rings. The van der Waals surface area contributed by atoms with Crippen LogP contribution in [0.5, 0.6) is 0 Å². The van der Waals surface area contributed by atoms with Crippen molar-refractivity contribution in [3.05, 3.63) is 66.2 Å². The summed E-state index contributed by atoms with van der Waals surface area (Å²) in [6, 6.07) is 6.83. The van der Waals surface area contributed by atoms with Crippen LogP contribution >= 0.6 is 50.1 Å². The van der Waals surface area contributed by atoms with Crippen molar-refractivity contribution in [2.45, 2.75) is 6.04 Å². The molecule has 0 spiro atoms. The zero-order chi connectivity index (χ0) is 14.9. The lowest BCUT2D eigenvalue weighted by atomic mass is 9.99. The molecule has 20 heavy (non-hydrogen) atoms. The molecule has 0 heterocycles. The van der Waals surface area contributed by atoms with Gasteiger partial charge in [0, 0.05) is 13.6 Å². The Hall–Kier alpha value is -0.280. The molecule has 0 fully saturated rings. The molecule has 3 N–H and O–H groups in total. The van der Waals surface area contributed by atoms with Gasteiger partial charge in [0.2, 0.25) is 0 Å². The number of hydrogen-bond acceptors (Lipinski definition) is 2. The smallest absolute Gasteiger partial charge is 0.148 e. The van der Waals surface area contributed by atoms with Gasteiger partial charge < -0.3 is 0 Å². The summed E-state index contributed by atoms with van der Waals surface area (Å²) in [6.07, 6.45) is 0. The second kappa shape index (κ2) is 6.65. The van der Waals surface area contributed by atoms with E-state index in [0.717, 1.165) is 0 Å². The van der Waals surface area contributed by atoms with E-state index in [0.29, 0.717) is 19.2 Å². The molecule has 2 aromatic carbocycles. The zero-order valence-corrected chi connectivity index (χ0v) is 14.4. The van der Waals surface area contributed by atoms with Crippen LogP contribution in [0.4, 0.5) is 8.78 Å². The lowest BCUT2D eigenvalue weighted by Gasteiger charge is -2.20. The maximum absolute atomic E-state index is 14.3. The number of nitrogens with two attached hydrogens (primary N) is 1. The fraction of sp³-hybridized carbons (Fsp3) is 0.0769. The SMILES string of the molecule is NNC(c1ccc(F)cc1I)c1ccc(Br)c(Cl)c1F. The van der Waals surface area contributed by atoms with Gasteiger partial charge in [-0.3, -0.25) is 5.84 Å². The van der Waals surface area contributed by atoms with E-state index in [-0.39, 0.29) is 10.8 Å². The summed E-state index contributed by atoms with van der Waals surface area (Å²) in [5.41, 5.74) is 3.51. The molecule has 2 rings (SSSR count). The number of hydrazine groups is 1. The molecule has 2 nitrogen and oxygen atoms in total. The van der Waals surface area contributed by atoms with Crippen LogP contribution in [-0.4, -0.2) is 0 Å². The van der Waals surface area contributed by atoms with E-state index >= 15 is 0 Å². The summed E-state index contributed by atoms with van der Waals surface area (Å²) in [4.78, 5) is 0. The van der Waals surface area contributed by atoms with Gasteiger partial charge in [0.25, 0.3) is 0 Å². The van der Waals surface area contributed by atoms with Crippen molar-refractivity contribution < 1.29 is 8.78 Å². The average Bonchev–Trinajstić information content (AvgIpc) is 2.41. The Morgan fingerprint density at radius 2 is 1.85 bits per heavy atom. The summed E-state index contributed by atoms with van der Waals surface area (Å²) in [5.74, 6) is 4.61. The van der Waals surface area contributed by atoms with Crippen LogP contribution in [0.3, 0.4) is 0 Å². The normalized spacial score (nSPS) is 12.5. The zero-order valence-electron chi connectivity index (χ0n) is 9.93. The van der Waals surface area contributed by atoms with Gasteiger partial charge in [-0.15, -0.1) is 0 Å². The highest BCUT2D eigenvalue weighted by Gasteiger charge is 2.21. The van der Waals surface area contributed by atoms with Crippen LogP contribution in [0.25, 0.3) is 0 Å². The molecule has 0 aliphatic heterocycles. The Kier molecular flexibility index (Phi) is 5.36. The third-order valence-corrected chi connectivity index (χ3v) is 5.01. The highest BCUT2D eigenvalue weighted by Crippen LogP contribution is 2.34. The van der Waals surface area contributed by atoms with Crippen LogP contribution < -0.4 is 11.3 Å². The van der Waals surface area contributed by atoms with Gasteiger partial charge in [0.15, 0.2) is 0 Å². The maximum atomic E-state index is 14.3. The van der Waals surface area contributed by atoms with Crippen LogP contribution in [0, 0.1) is 15.2 Å². The number of nitrogens with one attached hydrogen (secondary N) is 1. The summed E-state index contributed by atoms with van der Waals surface area (Å²) >= 11 is 11.0. The Morgan fingerprint density at radius 3 is 2.45 bits per heavy atom. The van der Waals surface area contributed by atoms with Crippen molar-refractivity contribution in [1.29, 1.82) is 0 Å². The van der Waals surface area contributed by atoms with Crippen molar-refractivity contribution in [3.63, 3.8) is 0 Å². The topological polar surface area (TPSA) is 38.0 Å². The second-order valence-electron chi connectivity index (χ2n) is 4.03. The second-order valence-corrected chi connectivity index (χ2v) is 6.42. The molecule has 0 aromatic heterocycles. The van der Waals surface area contributed by atoms with Gasteiger partial charge in [-0.2, -0.15) is 0 Å². The first-order valence-corrected chi connectivity index (χ1v) is 7.75. The maximum Gasteiger partial charge on any atom is 0.148 e. The van der Waals surface area contributed by atoms with Crippen LogP contribution in [-0.2, 0) is 0 Å². The van der Waals surface area contributed by atoms with E-state index in [4.69, 9.17) is 17.4 Å². The molecule has 0 amide bonds. The highest BCUT2D eigenvalue weighted by molar-refractivity contribution is 14.1. The molecule has 0 bridgehead atoms. The third-order valence-electron chi connectivity index (χ3n) is 2.82. The summed E-state index contributed by atoms with van der Waals surface area (Å²) in [5, 5.41) is -0.0140. The van der Waals surface area contributed by atoms with Crippen molar-refractivity contribution >= 4 is 50.1 Å². The fourth-order valence-electron chi connectivity index (χ4n) is 1.85. The number of hydrogen-bond donors (Lipinski definition) is 2. The monoisotopic (exact) mass is 472 g/mol. The molecular formula is C13H9BrClF2IN2. The van der Waals surface area contributed by atoms with E-state index < -0.39 is 11.9 Å². The first kappa shape index (κ1) is 16.1. The van der Waals surface area contributed by atoms with Crippen LogP contribution in [0.15, 0.2) is 34.8 Å². The van der Waals surface area contributed by atoms with E-state index in [1.807, 2.05) is 22.6 Å². The summed E-state index contributed by atoms with van der Waals surface area (Å²) < 4.78 is 28.5. The minimum atomic E-state index is -0.618. The predicted molar refractivity (Wildman–Crippen MR) is 87.4 cm³/mol. The summed E-state index contributed by atoms with van der Waals surface area (Å²) in [6.45, 7) is 0. The average molecular weight is 473 g/mol. The Bertz CT molecular complexity index is 655. The lowest BCUT2D eigenvalue weighted by Crippen LogP contribution is -2.30. The molecule has 106 valence electrons. The van der Waals surface area contributed by atoms with Gasteiger partial charge in [-0.05, 0) is 62.3 Å². The van der Waals surface area contributed by atoms with Crippen molar-refractivity contribution in [2.24, 2.45) is 5.84 Å². The molecule has 0 aliphatic rings. The fourth-order valence-corrected chi connectivity index (χ4v) is 3.11. The van der Waals surface area contributed by atoms with Crippen LogP contribution in [0.2, 0.25) is 5.02 Å². The molecule has 0 saturated carbocycles. The Morgan fingerprint density at radius 1 is 1.20 bits per heavy atom. The molecular weight excluding hydrogens is 464 g/mol. The Labute approximate surface area is 141 Å². The largest absolute Gasteiger partial charge is 0.271 e. The van der Waals surface area contributed by atoms with Gasteiger partial charge in [0.1, 0.15) is 11.6 Å². The van der Waals surface area contributed by atoms with E-state index in [1.165, 1.54) is 12.1 Å². The van der Waals surface area contributed by atoms with Crippen LogP contribution in [0.1, 0.15) is 17.2 Å². The first-order chi connectivity index (χ1) is 9.45. The van der Waals surface area contributed by atoms with Crippen molar-refractivity contribution in [2.75, 3.05) is 0 Å². The van der Waals surface area contributed by atoms with Crippen molar-refractivity contribution in [1.82, 2.24) is 5.43 Å². The lowest BCUT2D eigenvalue weighted by molar-refractivity contribution is 0.557. The van der Waals surface area contributed by atoms with E-state index in [2.05, 4.69) is 21.4 Å². The third kappa shape index (κ3) is 3.14. The summed E-state index contributed by atoms with van der Waals surface area (Å²) in [7, 11) is 0. The molecule has 1 atom stereocenters. The minimum Gasteiger partial charge on any atom is -0.271 e. The molecule has 1 unspecified atom stereocenters. The minimum absolute atomic E-state index is 0.0140. The molecule has 0 radical (unpaired) electrons. The van der Waals surface area contributed by atoms with Crippen molar-refractivity contribution in [3.8, 4) is 0 Å². The van der Waals surface area contributed by atoms with E-state index in [9.17, 15) is 8.78 Å². The number of halogens is 5. The Balaban J connectivity index is 2.55. The first-order valence-electron chi connectivity index (χ1n) is 5.50. The molecule has 0 saturated heterocycles. The van der Waals surface area contributed by atoms with Gasteiger partial charge in [0.05, 0.1) is 11.1 Å². The van der Waals surface area contributed by atoms with Gasteiger partial charge in [-0.25, -0.2) is 14.2 Å².